The summed E-state index contributed by atoms with van der Waals surface area (Å²) < 4.78 is 0. The molecule has 100 valence electrons. The van der Waals surface area contributed by atoms with Gasteiger partial charge in [-0.3, -0.25) is 4.79 Å². The highest BCUT2D eigenvalue weighted by molar-refractivity contribution is 5.78. The second-order valence-corrected chi connectivity index (χ2v) is 5.86. The van der Waals surface area contributed by atoms with Gasteiger partial charge >= 0.3 is 0 Å². The molecule has 0 spiro atoms. The average molecular weight is 240 g/mol. The molecule has 1 amide bonds. The van der Waals surface area contributed by atoms with Crippen LogP contribution in [0.1, 0.15) is 40.5 Å². The first-order chi connectivity index (χ1) is 8.00. The van der Waals surface area contributed by atoms with Gasteiger partial charge in [0, 0.05) is 25.6 Å². The molecular formula is C14H28N2O. The maximum atomic E-state index is 11.9. The molecule has 0 aromatic rings. The molecule has 1 fully saturated rings. The molecule has 1 rings (SSSR count). The summed E-state index contributed by atoms with van der Waals surface area (Å²) in [6.07, 6.45) is 2.38. The predicted molar refractivity (Wildman–Crippen MR) is 71.9 cm³/mol. The van der Waals surface area contributed by atoms with Crippen LogP contribution in [0.25, 0.3) is 0 Å². The van der Waals surface area contributed by atoms with Crippen LogP contribution < -0.4 is 0 Å². The molecule has 1 aliphatic heterocycles. The SMILES string of the molecule is CC(C)CCN1CCCN(C(=O)C(C)C)CC1. The molecule has 0 aliphatic carbocycles. The molecule has 3 heteroatoms. The van der Waals surface area contributed by atoms with E-state index in [0.717, 1.165) is 38.5 Å². The molecular weight excluding hydrogens is 212 g/mol. The molecule has 17 heavy (non-hydrogen) atoms. The van der Waals surface area contributed by atoms with E-state index in [-0.39, 0.29) is 5.92 Å². The molecule has 0 N–H and O–H groups in total. The molecule has 0 bridgehead atoms. The number of nitrogens with zero attached hydrogens (tertiary/aromatic N) is 2. The minimum atomic E-state index is 0.136. The Hall–Kier alpha value is -0.570. The molecule has 1 saturated heterocycles. The van der Waals surface area contributed by atoms with Crippen LogP contribution in [-0.2, 0) is 4.79 Å². The minimum absolute atomic E-state index is 0.136. The van der Waals surface area contributed by atoms with Gasteiger partial charge in [0.15, 0.2) is 0 Å². The molecule has 0 aromatic carbocycles. The lowest BCUT2D eigenvalue weighted by Crippen LogP contribution is -2.37. The van der Waals surface area contributed by atoms with Gasteiger partial charge in [-0.2, -0.15) is 0 Å². The minimum Gasteiger partial charge on any atom is -0.341 e. The molecule has 0 radical (unpaired) electrons. The van der Waals surface area contributed by atoms with Crippen molar-refractivity contribution in [3.63, 3.8) is 0 Å². The van der Waals surface area contributed by atoms with Crippen molar-refractivity contribution in [1.29, 1.82) is 0 Å². The third kappa shape index (κ3) is 5.07. The fraction of sp³-hybridized carbons (Fsp3) is 0.929. The van der Waals surface area contributed by atoms with Crippen LogP contribution >= 0.6 is 0 Å². The van der Waals surface area contributed by atoms with Gasteiger partial charge in [-0.1, -0.05) is 27.7 Å². The molecule has 0 atom stereocenters. The van der Waals surface area contributed by atoms with E-state index in [0.29, 0.717) is 5.91 Å². The van der Waals surface area contributed by atoms with E-state index < -0.39 is 0 Å². The lowest BCUT2D eigenvalue weighted by molar-refractivity contribution is -0.134. The Morgan fingerprint density at radius 2 is 1.76 bits per heavy atom. The van der Waals surface area contributed by atoms with Crippen LogP contribution in [0.15, 0.2) is 0 Å². The fourth-order valence-corrected chi connectivity index (χ4v) is 2.22. The fourth-order valence-electron chi connectivity index (χ4n) is 2.22. The van der Waals surface area contributed by atoms with Crippen LogP contribution in [0.2, 0.25) is 0 Å². The van der Waals surface area contributed by atoms with Crippen molar-refractivity contribution in [3.8, 4) is 0 Å². The Balaban J connectivity index is 2.36. The number of amides is 1. The van der Waals surface area contributed by atoms with Crippen molar-refractivity contribution in [1.82, 2.24) is 9.80 Å². The van der Waals surface area contributed by atoms with Gasteiger partial charge in [-0.25, -0.2) is 0 Å². The Morgan fingerprint density at radius 3 is 2.35 bits per heavy atom. The van der Waals surface area contributed by atoms with E-state index >= 15 is 0 Å². The largest absolute Gasteiger partial charge is 0.341 e. The van der Waals surface area contributed by atoms with Crippen molar-refractivity contribution in [3.05, 3.63) is 0 Å². The van der Waals surface area contributed by atoms with Crippen LogP contribution in [-0.4, -0.2) is 48.4 Å². The van der Waals surface area contributed by atoms with Gasteiger partial charge < -0.3 is 9.80 Å². The molecule has 3 nitrogen and oxygen atoms in total. The van der Waals surface area contributed by atoms with Crippen molar-refractivity contribution in [2.75, 3.05) is 32.7 Å². The first-order valence-electron chi connectivity index (χ1n) is 7.02. The zero-order valence-corrected chi connectivity index (χ0v) is 11.9. The highest BCUT2D eigenvalue weighted by atomic mass is 16.2. The summed E-state index contributed by atoms with van der Waals surface area (Å²) in [7, 11) is 0. The van der Waals surface area contributed by atoms with Crippen LogP contribution in [0, 0.1) is 11.8 Å². The van der Waals surface area contributed by atoms with Gasteiger partial charge in [0.2, 0.25) is 5.91 Å². The van der Waals surface area contributed by atoms with Crippen molar-refractivity contribution < 1.29 is 4.79 Å². The Morgan fingerprint density at radius 1 is 1.06 bits per heavy atom. The first-order valence-corrected chi connectivity index (χ1v) is 7.02. The van der Waals surface area contributed by atoms with Gasteiger partial charge in [0.05, 0.1) is 0 Å². The van der Waals surface area contributed by atoms with E-state index in [1.54, 1.807) is 0 Å². The number of hydrogen-bond acceptors (Lipinski definition) is 2. The van der Waals surface area contributed by atoms with Crippen molar-refractivity contribution in [2.24, 2.45) is 11.8 Å². The maximum absolute atomic E-state index is 11.9. The lowest BCUT2D eigenvalue weighted by atomic mass is 10.1. The standard InChI is InChI=1S/C14H28N2O/c1-12(2)6-9-15-7-5-8-16(11-10-15)14(17)13(3)4/h12-13H,5-11H2,1-4H3. The van der Waals surface area contributed by atoms with Crippen LogP contribution in [0.5, 0.6) is 0 Å². The average Bonchev–Trinajstić information content (AvgIpc) is 2.50. The van der Waals surface area contributed by atoms with Crippen LogP contribution in [0.4, 0.5) is 0 Å². The van der Waals surface area contributed by atoms with Gasteiger partial charge in [0.1, 0.15) is 0 Å². The predicted octanol–water partition coefficient (Wildman–Crippen LogP) is 2.22. The lowest BCUT2D eigenvalue weighted by Gasteiger charge is -2.23. The topological polar surface area (TPSA) is 23.6 Å². The highest BCUT2D eigenvalue weighted by Gasteiger charge is 2.20. The van der Waals surface area contributed by atoms with Crippen molar-refractivity contribution in [2.45, 2.75) is 40.5 Å². The summed E-state index contributed by atoms with van der Waals surface area (Å²) in [5, 5.41) is 0. The molecule has 0 aromatic heterocycles. The summed E-state index contributed by atoms with van der Waals surface area (Å²) in [6, 6.07) is 0. The second kappa shape index (κ2) is 7.00. The van der Waals surface area contributed by atoms with E-state index in [4.69, 9.17) is 0 Å². The Labute approximate surface area is 106 Å². The third-order valence-electron chi connectivity index (χ3n) is 3.42. The zero-order chi connectivity index (χ0) is 12.8. The monoisotopic (exact) mass is 240 g/mol. The van der Waals surface area contributed by atoms with E-state index in [9.17, 15) is 4.79 Å². The number of carbonyl (C=O) groups is 1. The summed E-state index contributed by atoms with van der Waals surface area (Å²) in [5.74, 6) is 1.22. The quantitative estimate of drug-likeness (QED) is 0.752. The first kappa shape index (κ1) is 14.5. The second-order valence-electron chi connectivity index (χ2n) is 5.86. The Bertz CT molecular complexity index is 238. The number of hydrogen-bond donors (Lipinski definition) is 0. The van der Waals surface area contributed by atoms with E-state index in [2.05, 4.69) is 18.7 Å². The summed E-state index contributed by atoms with van der Waals surface area (Å²) >= 11 is 0. The molecule has 0 saturated carbocycles. The summed E-state index contributed by atoms with van der Waals surface area (Å²) in [4.78, 5) is 16.5. The normalized spacial score (nSPS) is 18.8. The number of rotatable bonds is 4. The van der Waals surface area contributed by atoms with Crippen molar-refractivity contribution >= 4 is 5.91 Å². The molecule has 1 heterocycles. The van der Waals surface area contributed by atoms with Crippen LogP contribution in [0.3, 0.4) is 0 Å². The van der Waals surface area contributed by atoms with Gasteiger partial charge in [-0.15, -0.1) is 0 Å². The van der Waals surface area contributed by atoms with Gasteiger partial charge in [-0.05, 0) is 31.8 Å². The number of carbonyl (C=O) groups excluding carboxylic acids is 1. The molecule has 1 aliphatic rings. The summed E-state index contributed by atoms with van der Waals surface area (Å²) in [6.45, 7) is 13.7. The summed E-state index contributed by atoms with van der Waals surface area (Å²) in [5.41, 5.74) is 0. The third-order valence-corrected chi connectivity index (χ3v) is 3.42. The van der Waals surface area contributed by atoms with E-state index in [1.165, 1.54) is 13.0 Å². The Kier molecular flexibility index (Phi) is 5.96. The molecule has 0 unspecified atom stereocenters. The maximum Gasteiger partial charge on any atom is 0.225 e. The van der Waals surface area contributed by atoms with E-state index in [1.807, 2.05) is 18.7 Å². The highest BCUT2D eigenvalue weighted by Crippen LogP contribution is 2.09. The zero-order valence-electron chi connectivity index (χ0n) is 11.9. The smallest absolute Gasteiger partial charge is 0.225 e. The van der Waals surface area contributed by atoms with Gasteiger partial charge in [0.25, 0.3) is 0 Å².